The van der Waals surface area contributed by atoms with E-state index < -0.39 is 0 Å². The second-order valence-corrected chi connectivity index (χ2v) is 10.6. The molecule has 2 aromatic heterocycles. The first-order valence-electron chi connectivity index (χ1n) is 14.1. The van der Waals surface area contributed by atoms with Crippen LogP contribution in [0.2, 0.25) is 0 Å². The van der Waals surface area contributed by atoms with Gasteiger partial charge in [0.25, 0.3) is 0 Å². The lowest BCUT2D eigenvalue weighted by Crippen LogP contribution is -2.47. The lowest BCUT2D eigenvalue weighted by Gasteiger charge is -2.38. The molecule has 0 bridgehead atoms. The van der Waals surface area contributed by atoms with Gasteiger partial charge in [0.1, 0.15) is 17.7 Å². The average molecular weight is 512 g/mol. The van der Waals surface area contributed by atoms with E-state index in [9.17, 15) is 9.65 Å². The van der Waals surface area contributed by atoms with Crippen LogP contribution in [0.15, 0.2) is 48.5 Å². The molecule has 1 fully saturated rings. The van der Waals surface area contributed by atoms with Gasteiger partial charge in [-0.25, -0.2) is 9.37 Å². The van der Waals surface area contributed by atoms with Crippen LogP contribution in [0, 0.1) is 24.1 Å². The van der Waals surface area contributed by atoms with Crippen molar-refractivity contribution in [1.82, 2.24) is 14.3 Å². The van der Waals surface area contributed by atoms with Crippen LogP contribution in [0.3, 0.4) is 0 Å². The van der Waals surface area contributed by atoms with Crippen LogP contribution in [0.1, 0.15) is 67.7 Å². The highest BCUT2D eigenvalue weighted by atomic mass is 19.1. The number of unbranched alkanes of at least 4 members (excludes halogenated alkanes) is 5. The SMILES string of the molecule is CCCCCCCCc1c(C)c(C#N)c2nc3ccccc3n2c1N1CCN(Cc2ccc(F)cc2)CC1. The Kier molecular flexibility index (Phi) is 8.24. The summed E-state index contributed by atoms with van der Waals surface area (Å²) in [5.74, 6) is 1.02. The number of nitriles is 1. The van der Waals surface area contributed by atoms with Gasteiger partial charge >= 0.3 is 0 Å². The summed E-state index contributed by atoms with van der Waals surface area (Å²) in [4.78, 5) is 9.87. The van der Waals surface area contributed by atoms with Crippen molar-refractivity contribution in [3.8, 4) is 6.07 Å². The Balaban J connectivity index is 1.47. The van der Waals surface area contributed by atoms with Crippen LogP contribution in [-0.4, -0.2) is 40.5 Å². The number of para-hydroxylation sites is 2. The van der Waals surface area contributed by atoms with E-state index in [1.54, 1.807) is 12.1 Å². The van der Waals surface area contributed by atoms with Gasteiger partial charge in [0.15, 0.2) is 5.65 Å². The maximum Gasteiger partial charge on any atom is 0.157 e. The van der Waals surface area contributed by atoms with Gasteiger partial charge in [-0.2, -0.15) is 5.26 Å². The van der Waals surface area contributed by atoms with Crippen LogP contribution < -0.4 is 4.90 Å². The maximum atomic E-state index is 13.4. The van der Waals surface area contributed by atoms with Crippen molar-refractivity contribution in [2.24, 2.45) is 0 Å². The van der Waals surface area contributed by atoms with Gasteiger partial charge in [-0.3, -0.25) is 9.30 Å². The van der Waals surface area contributed by atoms with Crippen molar-refractivity contribution in [2.75, 3.05) is 31.1 Å². The van der Waals surface area contributed by atoms with Crippen molar-refractivity contribution in [3.05, 3.63) is 76.6 Å². The van der Waals surface area contributed by atoms with Crippen molar-refractivity contribution in [2.45, 2.75) is 65.3 Å². The number of piperazine rings is 1. The zero-order valence-corrected chi connectivity index (χ0v) is 22.7. The quantitative estimate of drug-likeness (QED) is 0.214. The summed E-state index contributed by atoms with van der Waals surface area (Å²) in [6.45, 7) is 8.85. The summed E-state index contributed by atoms with van der Waals surface area (Å²) in [5.41, 5.74) is 6.96. The van der Waals surface area contributed by atoms with Gasteiger partial charge in [-0.05, 0) is 60.7 Å². The Morgan fingerprint density at radius 3 is 2.37 bits per heavy atom. The molecule has 0 aliphatic carbocycles. The van der Waals surface area contributed by atoms with Crippen LogP contribution in [0.4, 0.5) is 10.2 Å². The lowest BCUT2D eigenvalue weighted by molar-refractivity contribution is 0.249. The van der Waals surface area contributed by atoms with Crippen molar-refractivity contribution >= 4 is 22.5 Å². The largest absolute Gasteiger partial charge is 0.355 e. The van der Waals surface area contributed by atoms with E-state index in [0.717, 1.165) is 73.4 Å². The number of rotatable bonds is 10. The first-order chi connectivity index (χ1) is 18.6. The van der Waals surface area contributed by atoms with Gasteiger partial charge in [0.05, 0.1) is 16.6 Å². The summed E-state index contributed by atoms with van der Waals surface area (Å²) in [6.07, 6.45) is 8.45. The molecule has 4 aromatic rings. The molecule has 2 aromatic carbocycles. The highest BCUT2D eigenvalue weighted by Crippen LogP contribution is 2.35. The van der Waals surface area contributed by atoms with E-state index in [1.807, 2.05) is 24.3 Å². The van der Waals surface area contributed by atoms with Crippen molar-refractivity contribution < 1.29 is 4.39 Å². The van der Waals surface area contributed by atoms with E-state index in [0.29, 0.717) is 5.56 Å². The summed E-state index contributed by atoms with van der Waals surface area (Å²) >= 11 is 0. The summed E-state index contributed by atoms with van der Waals surface area (Å²) < 4.78 is 15.6. The first kappa shape index (κ1) is 26.2. The third kappa shape index (κ3) is 5.39. The molecule has 0 unspecified atom stereocenters. The molecule has 6 heteroatoms. The lowest BCUT2D eigenvalue weighted by atomic mass is 9.97. The van der Waals surface area contributed by atoms with Gasteiger partial charge in [-0.15, -0.1) is 0 Å². The fourth-order valence-electron chi connectivity index (χ4n) is 5.84. The second-order valence-electron chi connectivity index (χ2n) is 10.6. The molecule has 0 amide bonds. The Bertz CT molecular complexity index is 1420. The Labute approximate surface area is 225 Å². The smallest absolute Gasteiger partial charge is 0.157 e. The molecule has 198 valence electrons. The van der Waals surface area contributed by atoms with E-state index in [-0.39, 0.29) is 5.82 Å². The molecular formula is C32H38FN5. The normalized spacial score (nSPS) is 14.4. The van der Waals surface area contributed by atoms with Crippen LogP contribution >= 0.6 is 0 Å². The van der Waals surface area contributed by atoms with Crippen LogP contribution in [-0.2, 0) is 13.0 Å². The van der Waals surface area contributed by atoms with E-state index in [2.05, 4.69) is 46.2 Å². The van der Waals surface area contributed by atoms with Crippen LogP contribution in [0.25, 0.3) is 16.7 Å². The molecule has 0 radical (unpaired) electrons. The topological polar surface area (TPSA) is 47.6 Å². The van der Waals surface area contributed by atoms with E-state index in [4.69, 9.17) is 4.98 Å². The molecule has 0 saturated carbocycles. The Morgan fingerprint density at radius 1 is 0.921 bits per heavy atom. The number of hydrogen-bond donors (Lipinski definition) is 0. The minimum Gasteiger partial charge on any atom is -0.355 e. The highest BCUT2D eigenvalue weighted by Gasteiger charge is 2.26. The summed E-state index contributed by atoms with van der Waals surface area (Å²) in [6, 6.07) is 17.6. The number of pyridine rings is 1. The number of anilines is 1. The molecule has 5 rings (SSSR count). The Morgan fingerprint density at radius 2 is 1.63 bits per heavy atom. The molecule has 1 aliphatic heterocycles. The fourth-order valence-corrected chi connectivity index (χ4v) is 5.84. The van der Waals surface area contributed by atoms with Gasteiger partial charge in [0, 0.05) is 32.7 Å². The first-order valence-corrected chi connectivity index (χ1v) is 14.1. The number of imidazole rings is 1. The average Bonchev–Trinajstić information content (AvgIpc) is 3.31. The predicted molar refractivity (Wildman–Crippen MR) is 153 cm³/mol. The second kappa shape index (κ2) is 12.0. The molecule has 38 heavy (non-hydrogen) atoms. The van der Waals surface area contributed by atoms with Gasteiger partial charge < -0.3 is 4.90 Å². The van der Waals surface area contributed by atoms with Crippen molar-refractivity contribution in [1.29, 1.82) is 5.26 Å². The number of aromatic nitrogens is 2. The number of benzene rings is 2. The molecule has 0 N–H and O–H groups in total. The molecule has 1 aliphatic rings. The van der Waals surface area contributed by atoms with E-state index in [1.165, 1.54) is 43.5 Å². The third-order valence-corrected chi connectivity index (χ3v) is 7.98. The third-order valence-electron chi connectivity index (χ3n) is 7.98. The number of nitrogens with zero attached hydrogens (tertiary/aromatic N) is 5. The zero-order chi connectivity index (χ0) is 26.5. The predicted octanol–water partition coefficient (Wildman–Crippen LogP) is 7.03. The zero-order valence-electron chi connectivity index (χ0n) is 22.7. The summed E-state index contributed by atoms with van der Waals surface area (Å²) in [7, 11) is 0. The molecule has 0 atom stereocenters. The van der Waals surface area contributed by atoms with Crippen LogP contribution in [0.5, 0.6) is 0 Å². The molecular weight excluding hydrogens is 473 g/mol. The van der Waals surface area contributed by atoms with E-state index >= 15 is 0 Å². The molecule has 1 saturated heterocycles. The molecule has 0 spiro atoms. The monoisotopic (exact) mass is 511 g/mol. The number of fused-ring (bicyclic) bond motifs is 3. The maximum absolute atomic E-state index is 13.4. The van der Waals surface area contributed by atoms with Crippen molar-refractivity contribution in [3.63, 3.8) is 0 Å². The van der Waals surface area contributed by atoms with Gasteiger partial charge in [-0.1, -0.05) is 63.3 Å². The number of halogens is 1. The molecule has 3 heterocycles. The Hall–Kier alpha value is -3.43. The van der Waals surface area contributed by atoms with Gasteiger partial charge in [0.2, 0.25) is 0 Å². The number of hydrogen-bond acceptors (Lipinski definition) is 4. The molecule has 5 nitrogen and oxygen atoms in total. The highest BCUT2D eigenvalue weighted by molar-refractivity contribution is 5.86. The standard InChI is InChI=1S/C32H38FN5/c1-3-4-5-6-7-8-11-27-24(2)28(22-34)31-35-29-12-9-10-13-30(29)38(31)32(27)37-20-18-36(19-21-37)23-25-14-16-26(33)17-15-25/h9-10,12-17H,3-8,11,18-21,23H2,1-2H3. The minimum atomic E-state index is -0.191. The fraction of sp³-hybridized carbons (Fsp3) is 0.438. The minimum absolute atomic E-state index is 0.191. The summed E-state index contributed by atoms with van der Waals surface area (Å²) in [5, 5.41) is 10.2.